The number of carbonyl (C=O) groups excluding carboxylic acids is 1. The molecular formula is C21H32N2O3S. The van der Waals surface area contributed by atoms with E-state index >= 15 is 0 Å². The number of carbonyl (C=O) groups is 1. The number of likely N-dealkylation sites (N-methyl/N-ethyl adjacent to an activating group) is 1. The molecule has 1 heterocycles. The van der Waals surface area contributed by atoms with Crippen molar-refractivity contribution in [3.8, 4) is 0 Å². The first kappa shape index (κ1) is 20.3. The molecule has 3 rings (SSSR count). The van der Waals surface area contributed by atoms with Crippen LogP contribution in [0, 0.1) is 0 Å². The smallest absolute Gasteiger partial charge is 0.237 e. The van der Waals surface area contributed by atoms with Crippen molar-refractivity contribution in [2.24, 2.45) is 0 Å². The molecule has 2 unspecified atom stereocenters. The van der Waals surface area contributed by atoms with Crippen molar-refractivity contribution < 1.29 is 13.2 Å². The fourth-order valence-electron chi connectivity index (χ4n) is 4.48. The van der Waals surface area contributed by atoms with Gasteiger partial charge in [-0.1, -0.05) is 49.6 Å². The molecule has 0 N–H and O–H groups in total. The van der Waals surface area contributed by atoms with Crippen molar-refractivity contribution in [3.05, 3.63) is 35.9 Å². The summed E-state index contributed by atoms with van der Waals surface area (Å²) in [6, 6.07) is 10.4. The summed E-state index contributed by atoms with van der Waals surface area (Å²) in [6.45, 7) is 2.43. The minimum absolute atomic E-state index is 0.0780. The zero-order valence-corrected chi connectivity index (χ0v) is 17.3. The van der Waals surface area contributed by atoms with Crippen LogP contribution in [0.4, 0.5) is 0 Å². The number of hydrogen-bond acceptors (Lipinski definition) is 4. The average molecular weight is 393 g/mol. The number of benzene rings is 1. The second kappa shape index (κ2) is 8.74. The molecule has 1 aromatic rings. The molecule has 6 heteroatoms. The van der Waals surface area contributed by atoms with Crippen molar-refractivity contribution >= 4 is 15.7 Å². The second-order valence-electron chi connectivity index (χ2n) is 8.15. The first-order chi connectivity index (χ1) is 12.9. The lowest BCUT2D eigenvalue weighted by Gasteiger charge is -2.39. The Hall–Kier alpha value is -1.40. The summed E-state index contributed by atoms with van der Waals surface area (Å²) >= 11 is 0. The third kappa shape index (κ3) is 5.11. The van der Waals surface area contributed by atoms with Gasteiger partial charge in [0.05, 0.1) is 18.1 Å². The zero-order chi connectivity index (χ0) is 19.4. The Kier molecular flexibility index (Phi) is 6.58. The van der Waals surface area contributed by atoms with E-state index in [1.807, 2.05) is 30.1 Å². The van der Waals surface area contributed by atoms with E-state index in [1.54, 1.807) is 0 Å². The summed E-state index contributed by atoms with van der Waals surface area (Å²) < 4.78 is 24.0. The standard InChI is InChI=1S/C21H32N2O3S/c1-17(18-9-5-3-6-10-18)22(2)15-21(24)23(19-11-7-4-8-12-19)20-13-14-27(25,26)16-20/h3,5-6,9-10,17,19-20H,4,7-8,11-16H2,1-2H3. The summed E-state index contributed by atoms with van der Waals surface area (Å²) in [6.07, 6.45) is 6.06. The molecule has 0 aromatic heterocycles. The largest absolute Gasteiger partial charge is 0.335 e. The molecule has 0 bridgehead atoms. The third-order valence-electron chi connectivity index (χ3n) is 6.19. The number of rotatable bonds is 6. The lowest BCUT2D eigenvalue weighted by Crippen LogP contribution is -2.51. The van der Waals surface area contributed by atoms with Gasteiger partial charge in [-0.25, -0.2) is 8.42 Å². The van der Waals surface area contributed by atoms with Gasteiger partial charge in [0.1, 0.15) is 0 Å². The summed E-state index contributed by atoms with van der Waals surface area (Å²) in [7, 11) is -1.04. The van der Waals surface area contributed by atoms with Gasteiger partial charge in [0.25, 0.3) is 0 Å². The van der Waals surface area contributed by atoms with Crippen LogP contribution < -0.4 is 0 Å². The lowest BCUT2D eigenvalue weighted by molar-refractivity contribution is -0.138. The molecule has 2 fully saturated rings. The minimum Gasteiger partial charge on any atom is -0.335 e. The van der Waals surface area contributed by atoms with E-state index in [2.05, 4.69) is 24.0 Å². The average Bonchev–Trinajstić information content (AvgIpc) is 3.02. The Morgan fingerprint density at radius 3 is 2.33 bits per heavy atom. The van der Waals surface area contributed by atoms with Crippen molar-refractivity contribution in [3.63, 3.8) is 0 Å². The Bertz CT molecular complexity index is 729. The van der Waals surface area contributed by atoms with E-state index in [9.17, 15) is 13.2 Å². The van der Waals surface area contributed by atoms with E-state index in [0.29, 0.717) is 13.0 Å². The Balaban J connectivity index is 1.72. The summed E-state index contributed by atoms with van der Waals surface area (Å²) in [5, 5.41) is 0. The van der Waals surface area contributed by atoms with Crippen LogP contribution in [-0.4, -0.2) is 61.3 Å². The first-order valence-corrected chi connectivity index (χ1v) is 12.0. The summed E-state index contributed by atoms with van der Waals surface area (Å²) in [5.41, 5.74) is 1.18. The van der Waals surface area contributed by atoms with Crippen molar-refractivity contribution in [1.29, 1.82) is 0 Å². The molecule has 1 aliphatic heterocycles. The van der Waals surface area contributed by atoms with Gasteiger partial charge in [0.15, 0.2) is 9.84 Å². The minimum atomic E-state index is -3.01. The maximum absolute atomic E-state index is 13.3. The number of amides is 1. The van der Waals surface area contributed by atoms with Crippen molar-refractivity contribution in [1.82, 2.24) is 9.80 Å². The highest BCUT2D eigenvalue weighted by molar-refractivity contribution is 7.91. The molecule has 2 aliphatic rings. The van der Waals surface area contributed by atoms with Gasteiger partial charge in [-0.05, 0) is 38.8 Å². The number of nitrogens with zero attached hydrogens (tertiary/aromatic N) is 2. The second-order valence-corrected chi connectivity index (χ2v) is 10.4. The molecule has 1 saturated carbocycles. The fraction of sp³-hybridized carbons (Fsp3) is 0.667. The van der Waals surface area contributed by atoms with Crippen LogP contribution in [0.3, 0.4) is 0 Å². The van der Waals surface area contributed by atoms with E-state index in [1.165, 1.54) is 12.0 Å². The van der Waals surface area contributed by atoms with Crippen LogP contribution in [0.15, 0.2) is 30.3 Å². The van der Waals surface area contributed by atoms with E-state index in [-0.39, 0.29) is 35.5 Å². The van der Waals surface area contributed by atoms with Crippen LogP contribution >= 0.6 is 0 Å². The van der Waals surface area contributed by atoms with E-state index in [0.717, 1.165) is 25.7 Å². The molecular weight excluding hydrogens is 360 g/mol. The predicted molar refractivity (Wildman–Crippen MR) is 108 cm³/mol. The molecule has 27 heavy (non-hydrogen) atoms. The molecule has 1 aromatic carbocycles. The molecule has 1 aliphatic carbocycles. The Morgan fingerprint density at radius 1 is 1.07 bits per heavy atom. The van der Waals surface area contributed by atoms with Crippen molar-refractivity contribution in [2.75, 3.05) is 25.1 Å². The van der Waals surface area contributed by atoms with E-state index < -0.39 is 9.84 Å². The van der Waals surface area contributed by atoms with Gasteiger partial charge in [-0.15, -0.1) is 0 Å². The maximum atomic E-state index is 13.3. The highest BCUT2D eigenvalue weighted by Crippen LogP contribution is 2.29. The predicted octanol–water partition coefficient (Wildman–Crippen LogP) is 3.03. The van der Waals surface area contributed by atoms with Crippen LogP contribution in [0.2, 0.25) is 0 Å². The van der Waals surface area contributed by atoms with Gasteiger partial charge in [0.2, 0.25) is 5.91 Å². The maximum Gasteiger partial charge on any atom is 0.237 e. The SMILES string of the molecule is CC(c1ccccc1)N(C)CC(=O)N(C1CCCCC1)C1CCS(=O)(=O)C1. The number of hydrogen-bond donors (Lipinski definition) is 0. The van der Waals surface area contributed by atoms with Crippen molar-refractivity contribution in [2.45, 2.75) is 63.6 Å². The van der Waals surface area contributed by atoms with Gasteiger partial charge >= 0.3 is 0 Å². The zero-order valence-electron chi connectivity index (χ0n) is 16.5. The monoisotopic (exact) mass is 392 g/mol. The van der Waals surface area contributed by atoms with Gasteiger partial charge in [-0.3, -0.25) is 9.69 Å². The molecule has 0 radical (unpaired) electrons. The molecule has 0 spiro atoms. The molecule has 5 nitrogen and oxygen atoms in total. The molecule has 2 atom stereocenters. The Labute approximate surface area is 163 Å². The van der Waals surface area contributed by atoms with E-state index in [4.69, 9.17) is 0 Å². The highest BCUT2D eigenvalue weighted by atomic mass is 32.2. The van der Waals surface area contributed by atoms with Crippen LogP contribution in [0.25, 0.3) is 0 Å². The third-order valence-corrected chi connectivity index (χ3v) is 7.94. The van der Waals surface area contributed by atoms with Gasteiger partial charge in [0, 0.05) is 18.1 Å². The summed E-state index contributed by atoms with van der Waals surface area (Å²) in [5.74, 6) is 0.423. The lowest BCUT2D eigenvalue weighted by atomic mass is 9.92. The molecule has 1 amide bonds. The molecule has 150 valence electrons. The highest BCUT2D eigenvalue weighted by Gasteiger charge is 2.38. The summed E-state index contributed by atoms with van der Waals surface area (Å²) in [4.78, 5) is 17.3. The topological polar surface area (TPSA) is 57.7 Å². The van der Waals surface area contributed by atoms with Gasteiger partial charge in [-0.2, -0.15) is 0 Å². The molecule has 1 saturated heterocycles. The van der Waals surface area contributed by atoms with Crippen LogP contribution in [0.5, 0.6) is 0 Å². The fourth-order valence-corrected chi connectivity index (χ4v) is 6.19. The first-order valence-electron chi connectivity index (χ1n) is 10.1. The van der Waals surface area contributed by atoms with Gasteiger partial charge < -0.3 is 4.90 Å². The van der Waals surface area contributed by atoms with Crippen LogP contribution in [-0.2, 0) is 14.6 Å². The Morgan fingerprint density at radius 2 is 1.74 bits per heavy atom. The van der Waals surface area contributed by atoms with Crippen LogP contribution in [0.1, 0.15) is 57.1 Å². The normalized spacial score (nSPS) is 24.0. The number of sulfone groups is 1. The quantitative estimate of drug-likeness (QED) is 0.747.